The molecule has 4 aliphatic rings. The zero-order valence-corrected chi connectivity index (χ0v) is 18.3. The van der Waals surface area contributed by atoms with E-state index < -0.39 is 0 Å². The van der Waals surface area contributed by atoms with Crippen LogP contribution in [0.2, 0.25) is 0 Å². The van der Waals surface area contributed by atoms with Crippen LogP contribution in [-0.2, 0) is 4.74 Å². The van der Waals surface area contributed by atoms with Crippen molar-refractivity contribution in [3.05, 3.63) is 0 Å². The molecule has 144 valence electrons. The number of hydrogen-bond donors (Lipinski definition) is 2. The standard InChI is InChI=1S/C19H34N4O.HI/c1-19(2)16(15-8-11-24-17(15)19)22-18(20-3)21-14-6-9-23(10-7-14)12-13-4-5-13;/h13-17H,4-12H2,1-3H3,(H2,20,21,22);1H. The van der Waals surface area contributed by atoms with Crippen molar-refractivity contribution in [2.45, 2.75) is 64.1 Å². The van der Waals surface area contributed by atoms with Gasteiger partial charge >= 0.3 is 0 Å². The van der Waals surface area contributed by atoms with Crippen molar-refractivity contribution < 1.29 is 4.74 Å². The molecule has 0 amide bonds. The Kier molecular flexibility index (Phi) is 6.21. The van der Waals surface area contributed by atoms with E-state index in [4.69, 9.17) is 4.74 Å². The average molecular weight is 462 g/mol. The monoisotopic (exact) mass is 462 g/mol. The minimum atomic E-state index is 0. The average Bonchev–Trinajstić information content (AvgIpc) is 3.27. The van der Waals surface area contributed by atoms with E-state index >= 15 is 0 Å². The van der Waals surface area contributed by atoms with Crippen LogP contribution < -0.4 is 10.6 Å². The number of fused-ring (bicyclic) bond motifs is 1. The van der Waals surface area contributed by atoms with Gasteiger partial charge in [0.15, 0.2) is 5.96 Å². The van der Waals surface area contributed by atoms with Crippen LogP contribution in [0, 0.1) is 17.3 Å². The lowest BCUT2D eigenvalue weighted by Gasteiger charge is -2.55. The van der Waals surface area contributed by atoms with Crippen molar-refractivity contribution >= 4 is 29.9 Å². The van der Waals surface area contributed by atoms with Crippen molar-refractivity contribution in [2.75, 3.05) is 33.3 Å². The second-order valence-electron chi connectivity index (χ2n) is 8.92. The van der Waals surface area contributed by atoms with Crippen LogP contribution >= 0.6 is 24.0 Å². The summed E-state index contributed by atoms with van der Waals surface area (Å²) in [5, 5.41) is 7.39. The number of nitrogens with one attached hydrogen (secondary N) is 2. The molecule has 3 unspecified atom stereocenters. The lowest BCUT2D eigenvalue weighted by molar-refractivity contribution is -0.106. The van der Waals surface area contributed by atoms with Crippen LogP contribution in [0.15, 0.2) is 4.99 Å². The summed E-state index contributed by atoms with van der Waals surface area (Å²) >= 11 is 0. The molecule has 0 bridgehead atoms. The Morgan fingerprint density at radius 1 is 1.12 bits per heavy atom. The fraction of sp³-hybridized carbons (Fsp3) is 0.947. The van der Waals surface area contributed by atoms with Gasteiger partial charge in [-0.2, -0.15) is 0 Å². The van der Waals surface area contributed by atoms with Crippen LogP contribution in [0.5, 0.6) is 0 Å². The number of piperidine rings is 1. The molecule has 2 aliphatic heterocycles. The number of rotatable bonds is 4. The highest BCUT2D eigenvalue weighted by Gasteiger charge is 2.59. The number of aliphatic imine (C=N–C) groups is 1. The minimum absolute atomic E-state index is 0. The first-order chi connectivity index (χ1) is 11.6. The predicted molar refractivity (Wildman–Crippen MR) is 113 cm³/mol. The van der Waals surface area contributed by atoms with Crippen molar-refractivity contribution in [3.8, 4) is 0 Å². The number of likely N-dealkylation sites (tertiary alicyclic amines) is 1. The van der Waals surface area contributed by atoms with Crippen LogP contribution in [0.3, 0.4) is 0 Å². The first-order valence-electron chi connectivity index (χ1n) is 9.91. The summed E-state index contributed by atoms with van der Waals surface area (Å²) in [6.07, 6.45) is 6.99. The first-order valence-corrected chi connectivity index (χ1v) is 9.91. The summed E-state index contributed by atoms with van der Waals surface area (Å²) in [7, 11) is 1.89. The molecule has 0 spiro atoms. The maximum absolute atomic E-state index is 5.91. The fourth-order valence-electron chi connectivity index (χ4n) is 5.05. The van der Waals surface area contributed by atoms with Gasteiger partial charge in [-0.05, 0) is 38.0 Å². The summed E-state index contributed by atoms with van der Waals surface area (Å²) in [5.74, 6) is 2.64. The lowest BCUT2D eigenvalue weighted by Crippen LogP contribution is -2.68. The van der Waals surface area contributed by atoms with E-state index in [0.29, 0.717) is 24.1 Å². The number of guanidine groups is 1. The number of hydrogen-bond acceptors (Lipinski definition) is 3. The molecule has 2 heterocycles. The first kappa shape index (κ1) is 19.7. The Labute approximate surface area is 169 Å². The minimum Gasteiger partial charge on any atom is -0.377 e. The van der Waals surface area contributed by atoms with Gasteiger partial charge in [-0.3, -0.25) is 4.99 Å². The van der Waals surface area contributed by atoms with E-state index in [1.165, 1.54) is 51.7 Å². The Hall–Kier alpha value is -0.0800. The van der Waals surface area contributed by atoms with Crippen molar-refractivity contribution in [2.24, 2.45) is 22.2 Å². The topological polar surface area (TPSA) is 48.9 Å². The molecule has 2 saturated carbocycles. The van der Waals surface area contributed by atoms with E-state index in [9.17, 15) is 0 Å². The molecule has 2 aliphatic carbocycles. The maximum Gasteiger partial charge on any atom is 0.191 e. The smallest absolute Gasteiger partial charge is 0.191 e. The highest BCUT2D eigenvalue weighted by atomic mass is 127. The third kappa shape index (κ3) is 4.10. The summed E-state index contributed by atoms with van der Waals surface area (Å²) in [4.78, 5) is 7.16. The molecule has 4 fully saturated rings. The van der Waals surface area contributed by atoms with Gasteiger partial charge in [-0.25, -0.2) is 0 Å². The van der Waals surface area contributed by atoms with E-state index in [0.717, 1.165) is 18.5 Å². The molecule has 3 atom stereocenters. The Morgan fingerprint density at radius 2 is 1.84 bits per heavy atom. The van der Waals surface area contributed by atoms with E-state index in [2.05, 4.69) is 34.4 Å². The van der Waals surface area contributed by atoms with Crippen LogP contribution in [-0.4, -0.2) is 62.3 Å². The maximum atomic E-state index is 5.91. The normalized spacial score (nSPS) is 35.5. The van der Waals surface area contributed by atoms with Crippen molar-refractivity contribution in [1.82, 2.24) is 15.5 Å². The van der Waals surface area contributed by atoms with Crippen LogP contribution in [0.1, 0.15) is 46.0 Å². The van der Waals surface area contributed by atoms with E-state index in [-0.39, 0.29) is 29.4 Å². The van der Waals surface area contributed by atoms with Gasteiger partial charge < -0.3 is 20.3 Å². The summed E-state index contributed by atoms with van der Waals surface area (Å²) in [6, 6.07) is 1.04. The Balaban J connectivity index is 0.00000182. The zero-order chi connectivity index (χ0) is 16.7. The molecular weight excluding hydrogens is 427 g/mol. The van der Waals surface area contributed by atoms with Gasteiger partial charge in [-0.15, -0.1) is 24.0 Å². The zero-order valence-electron chi connectivity index (χ0n) is 16.0. The largest absolute Gasteiger partial charge is 0.377 e. The van der Waals surface area contributed by atoms with Gasteiger partial charge in [0.25, 0.3) is 0 Å². The summed E-state index contributed by atoms with van der Waals surface area (Å²) in [5.41, 5.74) is 0.201. The molecule has 4 rings (SSSR count). The second-order valence-corrected chi connectivity index (χ2v) is 8.92. The van der Waals surface area contributed by atoms with Crippen LogP contribution in [0.4, 0.5) is 0 Å². The molecule has 0 aromatic heterocycles. The molecule has 5 nitrogen and oxygen atoms in total. The summed E-state index contributed by atoms with van der Waals surface area (Å²) in [6.45, 7) is 9.36. The van der Waals surface area contributed by atoms with Crippen molar-refractivity contribution in [3.63, 3.8) is 0 Å². The van der Waals surface area contributed by atoms with E-state index in [1.54, 1.807) is 0 Å². The molecule has 2 saturated heterocycles. The fourth-order valence-corrected chi connectivity index (χ4v) is 5.05. The molecule has 0 radical (unpaired) electrons. The third-order valence-electron chi connectivity index (χ3n) is 6.76. The third-order valence-corrected chi connectivity index (χ3v) is 6.76. The number of ether oxygens (including phenoxy) is 1. The highest BCUT2D eigenvalue weighted by Crippen LogP contribution is 2.52. The van der Waals surface area contributed by atoms with Crippen molar-refractivity contribution in [1.29, 1.82) is 0 Å². The van der Waals surface area contributed by atoms with Gasteiger partial charge in [0.2, 0.25) is 0 Å². The molecular formula is C19H35IN4O. The molecule has 2 N–H and O–H groups in total. The molecule has 25 heavy (non-hydrogen) atoms. The molecule has 0 aromatic rings. The van der Waals surface area contributed by atoms with Gasteiger partial charge in [0.05, 0.1) is 6.10 Å². The quantitative estimate of drug-likeness (QED) is 0.383. The van der Waals surface area contributed by atoms with Gasteiger partial charge in [0, 0.05) is 56.7 Å². The Morgan fingerprint density at radius 3 is 2.48 bits per heavy atom. The van der Waals surface area contributed by atoms with Gasteiger partial charge in [0.1, 0.15) is 0 Å². The summed E-state index contributed by atoms with van der Waals surface area (Å²) < 4.78 is 5.91. The lowest BCUT2D eigenvalue weighted by atomic mass is 9.57. The van der Waals surface area contributed by atoms with Gasteiger partial charge in [-0.1, -0.05) is 13.8 Å². The number of halogens is 1. The SMILES string of the molecule is CN=C(NC1CCN(CC2CC2)CC1)NC1C2CCOC2C1(C)C.I. The Bertz CT molecular complexity index is 486. The predicted octanol–water partition coefficient (Wildman–Crippen LogP) is 2.46. The highest BCUT2D eigenvalue weighted by molar-refractivity contribution is 14.0. The number of nitrogens with zero attached hydrogens (tertiary/aromatic N) is 2. The molecule has 0 aromatic carbocycles. The van der Waals surface area contributed by atoms with Crippen LogP contribution in [0.25, 0.3) is 0 Å². The van der Waals surface area contributed by atoms with E-state index in [1.807, 2.05) is 7.05 Å². The second kappa shape index (κ2) is 7.89. The molecule has 6 heteroatoms.